The first-order chi connectivity index (χ1) is 7.91. The highest BCUT2D eigenvalue weighted by molar-refractivity contribution is 8.00. The highest BCUT2D eigenvalue weighted by atomic mass is 32.2. The summed E-state index contributed by atoms with van der Waals surface area (Å²) in [7, 11) is 0. The maximum Gasteiger partial charge on any atom is 0.313 e. The minimum absolute atomic E-state index is 0.0206. The van der Waals surface area contributed by atoms with E-state index < -0.39 is 11.4 Å². The zero-order valence-corrected chi connectivity index (χ0v) is 10.4. The van der Waals surface area contributed by atoms with E-state index in [0.29, 0.717) is 5.75 Å². The van der Waals surface area contributed by atoms with Crippen molar-refractivity contribution in [1.29, 1.82) is 0 Å². The van der Waals surface area contributed by atoms with E-state index >= 15 is 0 Å². The molecule has 0 unspecified atom stereocenters. The summed E-state index contributed by atoms with van der Waals surface area (Å²) in [6, 6.07) is 5.35. The normalized spacial score (nSPS) is 15.1. The Morgan fingerprint density at radius 2 is 2.18 bits per heavy atom. The SMILES string of the molecule is CC(C)(C(=O)O)c1ccc2c(c1)SCC(=O)N2. The number of thioether (sulfide) groups is 1. The minimum atomic E-state index is -0.920. The largest absolute Gasteiger partial charge is 0.481 e. The van der Waals surface area contributed by atoms with Gasteiger partial charge in [-0.05, 0) is 31.5 Å². The van der Waals surface area contributed by atoms with Gasteiger partial charge in [0.2, 0.25) is 5.91 Å². The number of aliphatic carboxylic acids is 1. The van der Waals surface area contributed by atoms with Gasteiger partial charge in [0, 0.05) is 4.90 Å². The van der Waals surface area contributed by atoms with Crippen molar-refractivity contribution in [2.24, 2.45) is 0 Å². The van der Waals surface area contributed by atoms with Crippen molar-refractivity contribution in [3.63, 3.8) is 0 Å². The Bertz CT molecular complexity index is 497. The third-order valence-corrected chi connectivity index (χ3v) is 3.93. The second-order valence-corrected chi connectivity index (χ2v) is 5.50. The summed E-state index contributed by atoms with van der Waals surface area (Å²) < 4.78 is 0. The first-order valence-corrected chi connectivity index (χ1v) is 6.20. The van der Waals surface area contributed by atoms with E-state index in [-0.39, 0.29) is 5.91 Å². The fraction of sp³-hybridized carbons (Fsp3) is 0.333. The van der Waals surface area contributed by atoms with Crippen LogP contribution in [0.4, 0.5) is 5.69 Å². The van der Waals surface area contributed by atoms with Crippen molar-refractivity contribution in [3.8, 4) is 0 Å². The molecule has 0 aromatic heterocycles. The number of carbonyl (C=O) groups is 2. The maximum atomic E-state index is 11.2. The molecular weight excluding hydrogens is 238 g/mol. The van der Waals surface area contributed by atoms with Gasteiger partial charge in [-0.1, -0.05) is 6.07 Å². The molecule has 0 atom stereocenters. The van der Waals surface area contributed by atoms with Gasteiger partial charge in [0.05, 0.1) is 16.9 Å². The number of carboxylic acids is 1. The first kappa shape index (κ1) is 12.0. The lowest BCUT2D eigenvalue weighted by molar-refractivity contribution is -0.142. The van der Waals surface area contributed by atoms with Crippen LogP contribution in [-0.2, 0) is 15.0 Å². The van der Waals surface area contributed by atoms with Crippen LogP contribution in [0.15, 0.2) is 23.1 Å². The Morgan fingerprint density at radius 1 is 1.47 bits per heavy atom. The average Bonchev–Trinajstić information content (AvgIpc) is 2.28. The summed E-state index contributed by atoms with van der Waals surface area (Å²) in [5.74, 6) is -0.501. The fourth-order valence-corrected chi connectivity index (χ4v) is 2.43. The lowest BCUT2D eigenvalue weighted by Crippen LogP contribution is -2.29. The number of benzene rings is 1. The number of anilines is 1. The molecule has 0 fully saturated rings. The highest BCUT2D eigenvalue weighted by Gasteiger charge is 2.30. The molecule has 0 aliphatic carbocycles. The Morgan fingerprint density at radius 3 is 2.82 bits per heavy atom. The molecule has 2 rings (SSSR count). The van der Waals surface area contributed by atoms with Gasteiger partial charge in [0.1, 0.15) is 0 Å². The Labute approximate surface area is 103 Å². The van der Waals surface area contributed by atoms with E-state index in [2.05, 4.69) is 5.32 Å². The Kier molecular flexibility index (Phi) is 2.87. The zero-order valence-electron chi connectivity index (χ0n) is 9.61. The molecule has 1 amide bonds. The van der Waals surface area contributed by atoms with Gasteiger partial charge < -0.3 is 10.4 Å². The third kappa shape index (κ3) is 2.15. The van der Waals surface area contributed by atoms with Crippen molar-refractivity contribution >= 4 is 29.3 Å². The molecule has 1 aromatic rings. The number of nitrogens with one attached hydrogen (secondary N) is 1. The van der Waals surface area contributed by atoms with E-state index in [0.717, 1.165) is 16.1 Å². The van der Waals surface area contributed by atoms with Gasteiger partial charge in [0.25, 0.3) is 0 Å². The zero-order chi connectivity index (χ0) is 12.6. The molecule has 0 bridgehead atoms. The van der Waals surface area contributed by atoms with Crippen molar-refractivity contribution in [1.82, 2.24) is 0 Å². The summed E-state index contributed by atoms with van der Waals surface area (Å²) in [5.41, 5.74) is 0.584. The van der Waals surface area contributed by atoms with Gasteiger partial charge in [-0.3, -0.25) is 9.59 Å². The Hall–Kier alpha value is -1.49. The molecule has 1 aliphatic heterocycles. The Balaban J connectivity index is 2.41. The number of amides is 1. The molecule has 0 saturated heterocycles. The molecule has 90 valence electrons. The lowest BCUT2D eigenvalue weighted by Gasteiger charge is -2.23. The molecule has 5 heteroatoms. The van der Waals surface area contributed by atoms with Crippen molar-refractivity contribution in [3.05, 3.63) is 23.8 Å². The molecular formula is C12H13NO3S. The minimum Gasteiger partial charge on any atom is -0.481 e. The monoisotopic (exact) mass is 251 g/mol. The molecule has 1 aliphatic rings. The van der Waals surface area contributed by atoms with Gasteiger partial charge in [-0.2, -0.15) is 0 Å². The van der Waals surface area contributed by atoms with Gasteiger partial charge in [-0.15, -0.1) is 11.8 Å². The summed E-state index contributed by atoms with van der Waals surface area (Å²) in [4.78, 5) is 23.3. The second-order valence-electron chi connectivity index (χ2n) is 4.48. The highest BCUT2D eigenvalue weighted by Crippen LogP contribution is 2.35. The van der Waals surface area contributed by atoms with E-state index in [1.165, 1.54) is 11.8 Å². The van der Waals surface area contributed by atoms with Gasteiger partial charge in [-0.25, -0.2) is 0 Å². The fourth-order valence-electron chi connectivity index (χ4n) is 1.59. The molecule has 1 heterocycles. The molecule has 1 aromatic carbocycles. The van der Waals surface area contributed by atoms with Crippen LogP contribution in [0.5, 0.6) is 0 Å². The summed E-state index contributed by atoms with van der Waals surface area (Å²) in [6.45, 7) is 3.34. The smallest absolute Gasteiger partial charge is 0.313 e. The average molecular weight is 251 g/mol. The predicted octanol–water partition coefficient (Wildman–Crippen LogP) is 2.09. The van der Waals surface area contributed by atoms with Crippen LogP contribution >= 0.6 is 11.8 Å². The summed E-state index contributed by atoms with van der Waals surface area (Å²) in [5, 5.41) is 11.9. The topological polar surface area (TPSA) is 66.4 Å². The molecule has 0 saturated carbocycles. The van der Waals surface area contributed by atoms with Gasteiger partial charge >= 0.3 is 5.97 Å². The quantitative estimate of drug-likeness (QED) is 0.844. The van der Waals surface area contributed by atoms with Crippen LogP contribution in [0.1, 0.15) is 19.4 Å². The number of carboxylic acid groups (broad SMARTS) is 1. The van der Waals surface area contributed by atoms with Crippen molar-refractivity contribution < 1.29 is 14.7 Å². The van der Waals surface area contributed by atoms with Crippen LogP contribution in [0, 0.1) is 0 Å². The van der Waals surface area contributed by atoms with E-state index in [9.17, 15) is 9.59 Å². The number of carbonyl (C=O) groups excluding carboxylic acids is 1. The number of rotatable bonds is 2. The maximum absolute atomic E-state index is 11.2. The molecule has 0 radical (unpaired) electrons. The number of fused-ring (bicyclic) bond motifs is 1. The van der Waals surface area contributed by atoms with Crippen LogP contribution in [0.25, 0.3) is 0 Å². The third-order valence-electron chi connectivity index (χ3n) is 2.87. The number of hydrogen-bond acceptors (Lipinski definition) is 3. The van der Waals surface area contributed by atoms with Gasteiger partial charge in [0.15, 0.2) is 0 Å². The lowest BCUT2D eigenvalue weighted by atomic mass is 9.85. The molecule has 4 nitrogen and oxygen atoms in total. The number of hydrogen-bond donors (Lipinski definition) is 2. The first-order valence-electron chi connectivity index (χ1n) is 5.22. The van der Waals surface area contributed by atoms with Crippen LogP contribution in [0.3, 0.4) is 0 Å². The predicted molar refractivity (Wildman–Crippen MR) is 66.5 cm³/mol. The van der Waals surface area contributed by atoms with Crippen molar-refractivity contribution in [2.45, 2.75) is 24.2 Å². The second kappa shape index (κ2) is 4.07. The van der Waals surface area contributed by atoms with Crippen LogP contribution in [-0.4, -0.2) is 22.7 Å². The molecule has 17 heavy (non-hydrogen) atoms. The van der Waals surface area contributed by atoms with Crippen LogP contribution in [0.2, 0.25) is 0 Å². The summed E-state index contributed by atoms with van der Waals surface area (Å²) in [6.07, 6.45) is 0. The van der Waals surface area contributed by atoms with Crippen LogP contribution < -0.4 is 5.32 Å². The molecule has 0 spiro atoms. The van der Waals surface area contributed by atoms with Crippen molar-refractivity contribution in [2.75, 3.05) is 11.1 Å². The van der Waals surface area contributed by atoms with E-state index in [1.807, 2.05) is 6.07 Å². The molecule has 2 N–H and O–H groups in total. The summed E-state index contributed by atoms with van der Waals surface area (Å²) >= 11 is 1.43. The van der Waals surface area contributed by atoms with E-state index in [1.54, 1.807) is 26.0 Å². The standard InChI is InChI=1S/C12H13NO3S/c1-12(2,11(15)16)7-3-4-8-9(5-7)17-6-10(14)13-8/h3-5H,6H2,1-2H3,(H,13,14)(H,15,16). The van der Waals surface area contributed by atoms with E-state index in [4.69, 9.17) is 5.11 Å².